The molecule has 0 spiro atoms. The summed E-state index contributed by atoms with van der Waals surface area (Å²) in [5.41, 5.74) is 2.11. The van der Waals surface area contributed by atoms with E-state index < -0.39 is 5.41 Å². The molecule has 0 radical (unpaired) electrons. The van der Waals surface area contributed by atoms with E-state index in [1.54, 1.807) is 36.7 Å². The number of carbonyl (C=O) groups is 1. The van der Waals surface area contributed by atoms with Crippen molar-refractivity contribution < 1.29 is 9.90 Å². The number of benzene rings is 1. The number of nitrogens with one attached hydrogen (secondary N) is 4. The number of pyridine rings is 1. The molecule has 0 atom stereocenters. The number of aryl methyl sites for hydroxylation is 1. The van der Waals surface area contributed by atoms with E-state index in [1.807, 2.05) is 37.3 Å². The Morgan fingerprint density at radius 3 is 2.44 bits per heavy atom. The second kappa shape index (κ2) is 10.0. The lowest BCUT2D eigenvalue weighted by Crippen LogP contribution is -2.62. The minimum Gasteiger partial charge on any atom is -0.395 e. The lowest BCUT2D eigenvalue weighted by molar-refractivity contribution is -0.131. The number of carbonyl (C=O) groups excluding carboxylic acids is 1. The van der Waals surface area contributed by atoms with Crippen LogP contribution in [0.2, 0.25) is 0 Å². The number of amides is 1. The van der Waals surface area contributed by atoms with Gasteiger partial charge in [-0.15, -0.1) is 0 Å². The molecule has 0 saturated carbocycles. The second-order valence-electron chi connectivity index (χ2n) is 8.52. The van der Waals surface area contributed by atoms with Gasteiger partial charge < -0.3 is 26.4 Å². The molecule has 1 amide bonds. The Morgan fingerprint density at radius 1 is 0.944 bits per heavy atom. The number of hydrogen-bond donors (Lipinski definition) is 5. The van der Waals surface area contributed by atoms with Gasteiger partial charge in [-0.05, 0) is 49.4 Å². The van der Waals surface area contributed by atoms with Gasteiger partial charge in [-0.3, -0.25) is 4.79 Å². The quantitative estimate of drug-likeness (QED) is 0.253. The minimum atomic E-state index is -0.775. The number of aliphatic hydroxyl groups is 1. The van der Waals surface area contributed by atoms with Crippen molar-refractivity contribution in [2.45, 2.75) is 6.92 Å². The lowest BCUT2D eigenvalue weighted by atomic mass is 9.81. The maximum atomic E-state index is 12.6. The largest absolute Gasteiger partial charge is 0.395 e. The van der Waals surface area contributed by atoms with E-state index in [1.165, 1.54) is 0 Å². The predicted octanol–water partition coefficient (Wildman–Crippen LogP) is 2.64. The van der Waals surface area contributed by atoms with Crippen LogP contribution in [-0.4, -0.2) is 55.6 Å². The van der Waals surface area contributed by atoms with Crippen molar-refractivity contribution in [1.29, 1.82) is 0 Å². The van der Waals surface area contributed by atoms with Crippen LogP contribution in [0.15, 0.2) is 67.0 Å². The zero-order valence-electron chi connectivity index (χ0n) is 19.6. The first-order chi connectivity index (χ1) is 17.5. The summed E-state index contributed by atoms with van der Waals surface area (Å²) in [6.45, 7) is 2.63. The summed E-state index contributed by atoms with van der Waals surface area (Å²) in [5, 5.41) is 21.8. The zero-order chi connectivity index (χ0) is 25.0. The molecule has 1 aliphatic heterocycles. The maximum absolute atomic E-state index is 12.6. The summed E-state index contributed by atoms with van der Waals surface area (Å²) in [4.78, 5) is 34.7. The van der Waals surface area contributed by atoms with Gasteiger partial charge in [0.2, 0.25) is 11.9 Å². The van der Waals surface area contributed by atoms with E-state index in [-0.39, 0.29) is 12.5 Å². The predicted molar refractivity (Wildman–Crippen MR) is 136 cm³/mol. The van der Waals surface area contributed by atoms with Crippen LogP contribution < -0.4 is 21.3 Å². The molecule has 11 heteroatoms. The summed E-state index contributed by atoms with van der Waals surface area (Å²) in [6, 6.07) is 16.4. The smallest absolute Gasteiger partial charge is 0.235 e. The number of rotatable bonds is 8. The fraction of sp³-hybridized carbons (Fsp3) is 0.200. The van der Waals surface area contributed by atoms with Crippen LogP contribution in [0, 0.1) is 12.3 Å². The number of hydrogen-bond acceptors (Lipinski definition) is 10. The Hall–Kier alpha value is -4.48. The van der Waals surface area contributed by atoms with Crippen LogP contribution >= 0.6 is 0 Å². The van der Waals surface area contributed by atoms with Gasteiger partial charge in [-0.25, -0.2) is 19.9 Å². The third-order valence-corrected chi connectivity index (χ3v) is 5.77. The molecule has 11 nitrogen and oxygen atoms in total. The van der Waals surface area contributed by atoms with E-state index >= 15 is 0 Å². The first-order valence-electron chi connectivity index (χ1n) is 11.4. The number of aliphatic hydroxyl groups excluding tert-OH is 1. The molecule has 4 heterocycles. The third-order valence-electron chi connectivity index (χ3n) is 5.77. The zero-order valence-corrected chi connectivity index (χ0v) is 19.6. The van der Waals surface area contributed by atoms with Crippen LogP contribution in [0.3, 0.4) is 0 Å². The van der Waals surface area contributed by atoms with Gasteiger partial charge in [0.05, 0.1) is 12.0 Å². The average Bonchev–Trinajstić information content (AvgIpc) is 2.84. The Labute approximate surface area is 207 Å². The molecule has 0 unspecified atom stereocenters. The monoisotopic (exact) mass is 483 g/mol. The fourth-order valence-electron chi connectivity index (χ4n) is 3.68. The van der Waals surface area contributed by atoms with Gasteiger partial charge in [0.25, 0.3) is 0 Å². The summed E-state index contributed by atoms with van der Waals surface area (Å²) >= 11 is 0. The lowest BCUT2D eigenvalue weighted by Gasteiger charge is -2.39. The van der Waals surface area contributed by atoms with Gasteiger partial charge in [-0.1, -0.05) is 12.1 Å². The molecular formula is C25H25N9O2. The third kappa shape index (κ3) is 5.11. The van der Waals surface area contributed by atoms with Crippen molar-refractivity contribution in [1.82, 2.24) is 30.2 Å². The molecule has 36 heavy (non-hydrogen) atoms. The molecule has 5 rings (SSSR count). The Bertz CT molecular complexity index is 1390. The van der Waals surface area contributed by atoms with Crippen LogP contribution in [0.4, 0.5) is 29.0 Å². The van der Waals surface area contributed by atoms with E-state index in [0.29, 0.717) is 53.6 Å². The standard InChI is InChI=1S/C25H25N9O2/c1-16-4-2-7-19(29-16)22-27-10-8-20(33-22)32-21-9-11-28-24(34-21)31-18-6-3-5-17(12-18)30-23(36)25(15-35)13-26-14-25/h2-12,26,35H,13-15H2,1H3,(H,30,36)(H2,27,28,31,32,33,34). The first kappa shape index (κ1) is 23.3. The van der Waals surface area contributed by atoms with Crippen molar-refractivity contribution in [2.24, 2.45) is 5.41 Å². The Balaban J connectivity index is 1.27. The first-order valence-corrected chi connectivity index (χ1v) is 11.4. The van der Waals surface area contributed by atoms with Crippen molar-refractivity contribution >= 4 is 34.9 Å². The molecule has 3 aromatic heterocycles. The molecule has 0 aliphatic carbocycles. The molecule has 182 valence electrons. The Kier molecular flexibility index (Phi) is 6.48. The topological polar surface area (TPSA) is 150 Å². The number of anilines is 5. The van der Waals surface area contributed by atoms with Gasteiger partial charge in [0.1, 0.15) is 17.3 Å². The van der Waals surface area contributed by atoms with Crippen LogP contribution in [0.25, 0.3) is 11.5 Å². The Morgan fingerprint density at radius 2 is 1.69 bits per heavy atom. The van der Waals surface area contributed by atoms with Crippen molar-refractivity contribution in [3.05, 3.63) is 72.7 Å². The van der Waals surface area contributed by atoms with Gasteiger partial charge >= 0.3 is 0 Å². The highest BCUT2D eigenvalue weighted by molar-refractivity contribution is 5.97. The molecule has 5 N–H and O–H groups in total. The fourth-order valence-corrected chi connectivity index (χ4v) is 3.68. The van der Waals surface area contributed by atoms with Gasteiger partial charge in [0.15, 0.2) is 5.82 Å². The summed E-state index contributed by atoms with van der Waals surface area (Å²) in [5.74, 6) is 1.78. The molecular weight excluding hydrogens is 458 g/mol. The van der Waals surface area contributed by atoms with Crippen molar-refractivity contribution in [3.63, 3.8) is 0 Å². The molecule has 4 aromatic rings. The highest BCUT2D eigenvalue weighted by Crippen LogP contribution is 2.26. The van der Waals surface area contributed by atoms with Gasteiger partial charge in [0, 0.05) is 42.6 Å². The highest BCUT2D eigenvalue weighted by Gasteiger charge is 2.43. The normalized spacial score (nSPS) is 13.9. The van der Waals surface area contributed by atoms with E-state index in [4.69, 9.17) is 0 Å². The summed E-state index contributed by atoms with van der Waals surface area (Å²) < 4.78 is 0. The van der Waals surface area contributed by atoms with Crippen LogP contribution in [-0.2, 0) is 4.79 Å². The number of aromatic nitrogens is 5. The molecule has 0 bridgehead atoms. The molecule has 1 aromatic carbocycles. The summed E-state index contributed by atoms with van der Waals surface area (Å²) in [7, 11) is 0. The SMILES string of the molecule is Cc1cccc(-c2nccc(Nc3ccnc(Nc4cccc(NC(=O)C5(CO)CNC5)c4)n3)n2)n1. The van der Waals surface area contributed by atoms with Crippen LogP contribution in [0.1, 0.15) is 5.69 Å². The number of nitrogens with zero attached hydrogens (tertiary/aromatic N) is 5. The summed E-state index contributed by atoms with van der Waals surface area (Å²) in [6.07, 6.45) is 3.29. The van der Waals surface area contributed by atoms with Crippen LogP contribution in [0.5, 0.6) is 0 Å². The minimum absolute atomic E-state index is 0.202. The highest BCUT2D eigenvalue weighted by atomic mass is 16.3. The van der Waals surface area contributed by atoms with E-state index in [9.17, 15) is 9.90 Å². The maximum Gasteiger partial charge on any atom is 0.235 e. The van der Waals surface area contributed by atoms with Gasteiger partial charge in [-0.2, -0.15) is 4.98 Å². The van der Waals surface area contributed by atoms with E-state index in [2.05, 4.69) is 46.2 Å². The van der Waals surface area contributed by atoms with Crippen molar-refractivity contribution in [2.75, 3.05) is 35.6 Å². The average molecular weight is 484 g/mol. The molecule has 1 saturated heterocycles. The molecule has 1 aliphatic rings. The van der Waals surface area contributed by atoms with E-state index in [0.717, 1.165) is 5.69 Å². The second-order valence-corrected chi connectivity index (χ2v) is 8.52. The molecule has 1 fully saturated rings. The van der Waals surface area contributed by atoms with Crippen molar-refractivity contribution in [3.8, 4) is 11.5 Å².